The lowest BCUT2D eigenvalue weighted by molar-refractivity contribution is 0.0598. The van der Waals surface area contributed by atoms with E-state index in [1.165, 1.54) is 6.07 Å². The van der Waals surface area contributed by atoms with Gasteiger partial charge in [0.1, 0.15) is 5.82 Å². The minimum atomic E-state index is -0.670. The van der Waals surface area contributed by atoms with Crippen LogP contribution in [0, 0.1) is 12.7 Å². The minimum Gasteiger partial charge on any atom is -0.314 e. The molecule has 1 saturated heterocycles. The predicted octanol–water partition coefficient (Wildman–Crippen LogP) is 2.00. The van der Waals surface area contributed by atoms with Crippen LogP contribution in [0.4, 0.5) is 4.39 Å². The molecule has 1 aromatic carbocycles. The van der Waals surface area contributed by atoms with Crippen molar-refractivity contribution in [3.8, 4) is 0 Å². The van der Waals surface area contributed by atoms with Gasteiger partial charge in [0, 0.05) is 26.2 Å². The maximum Gasteiger partial charge on any atom is 0.185 e. The van der Waals surface area contributed by atoms with Crippen LogP contribution >= 0.6 is 0 Å². The monoisotopic (exact) mass is 264 g/mol. The zero-order valence-electron chi connectivity index (χ0n) is 11.8. The van der Waals surface area contributed by atoms with Crippen molar-refractivity contribution in [1.29, 1.82) is 0 Å². The molecular weight excluding hydrogens is 243 g/mol. The van der Waals surface area contributed by atoms with Gasteiger partial charge in [0.2, 0.25) is 0 Å². The first-order chi connectivity index (χ1) is 8.93. The van der Waals surface area contributed by atoms with Crippen molar-refractivity contribution in [3.63, 3.8) is 0 Å². The lowest BCUT2D eigenvalue weighted by Gasteiger charge is -2.40. The van der Waals surface area contributed by atoms with Gasteiger partial charge in [-0.3, -0.25) is 9.69 Å². The molecule has 104 valence electrons. The molecule has 3 nitrogen and oxygen atoms in total. The summed E-state index contributed by atoms with van der Waals surface area (Å²) in [6, 6.07) is 4.70. The zero-order chi connectivity index (χ0) is 14.0. The maximum absolute atomic E-state index is 13.9. The molecule has 0 atom stereocenters. The molecule has 1 aromatic rings. The second-order valence-corrected chi connectivity index (χ2v) is 5.61. The normalized spacial score (nSPS) is 17.5. The standard InChI is InChI=1S/C15H21FN2O/c1-11-4-5-13(16)12(10-11)14(19)15(2,3)18-8-6-17-7-9-18/h4-5,10,17H,6-9H2,1-3H3. The molecule has 2 rings (SSSR count). The van der Waals surface area contributed by atoms with E-state index in [1.807, 2.05) is 20.8 Å². The van der Waals surface area contributed by atoms with E-state index in [1.54, 1.807) is 12.1 Å². The first-order valence-corrected chi connectivity index (χ1v) is 6.69. The average molecular weight is 264 g/mol. The van der Waals surface area contributed by atoms with E-state index in [4.69, 9.17) is 0 Å². The third-order valence-electron chi connectivity index (χ3n) is 3.83. The molecule has 1 N–H and O–H groups in total. The van der Waals surface area contributed by atoms with Crippen LogP contribution in [0.5, 0.6) is 0 Å². The van der Waals surface area contributed by atoms with Crippen LogP contribution in [0.15, 0.2) is 18.2 Å². The highest BCUT2D eigenvalue weighted by Gasteiger charge is 2.36. The molecule has 1 fully saturated rings. The Bertz CT molecular complexity index is 479. The molecule has 4 heteroatoms. The third kappa shape index (κ3) is 2.85. The van der Waals surface area contributed by atoms with Crippen LogP contribution in [0.25, 0.3) is 0 Å². The molecule has 1 aliphatic rings. The molecule has 1 aliphatic heterocycles. The quantitative estimate of drug-likeness (QED) is 0.848. The van der Waals surface area contributed by atoms with E-state index in [0.717, 1.165) is 31.7 Å². The smallest absolute Gasteiger partial charge is 0.185 e. The van der Waals surface area contributed by atoms with E-state index >= 15 is 0 Å². The summed E-state index contributed by atoms with van der Waals surface area (Å²) in [6.45, 7) is 8.98. The highest BCUT2D eigenvalue weighted by Crippen LogP contribution is 2.23. The molecule has 0 aromatic heterocycles. The van der Waals surface area contributed by atoms with Crippen molar-refractivity contribution in [2.75, 3.05) is 26.2 Å². The molecule has 0 bridgehead atoms. The fourth-order valence-corrected chi connectivity index (χ4v) is 2.51. The number of carbonyl (C=O) groups excluding carboxylic acids is 1. The molecule has 1 heterocycles. The van der Waals surface area contributed by atoms with Crippen molar-refractivity contribution in [2.24, 2.45) is 0 Å². The number of nitrogens with one attached hydrogen (secondary N) is 1. The summed E-state index contributed by atoms with van der Waals surface area (Å²) in [5.41, 5.74) is 0.431. The van der Waals surface area contributed by atoms with Crippen LogP contribution < -0.4 is 5.32 Å². The van der Waals surface area contributed by atoms with Crippen LogP contribution in [0.2, 0.25) is 0 Å². The van der Waals surface area contributed by atoms with Crippen molar-refractivity contribution in [2.45, 2.75) is 26.3 Å². The molecule has 0 saturated carbocycles. The SMILES string of the molecule is Cc1ccc(F)c(C(=O)C(C)(C)N2CCNCC2)c1. The van der Waals surface area contributed by atoms with Gasteiger partial charge in [-0.25, -0.2) is 4.39 Å². The number of ketones is 1. The predicted molar refractivity (Wildman–Crippen MR) is 74.0 cm³/mol. The third-order valence-corrected chi connectivity index (χ3v) is 3.83. The number of piperazine rings is 1. The van der Waals surface area contributed by atoms with Gasteiger partial charge in [0.05, 0.1) is 11.1 Å². The largest absolute Gasteiger partial charge is 0.314 e. The topological polar surface area (TPSA) is 32.3 Å². The Morgan fingerprint density at radius 2 is 1.95 bits per heavy atom. The van der Waals surface area contributed by atoms with E-state index in [0.29, 0.717) is 0 Å². The van der Waals surface area contributed by atoms with Crippen LogP contribution in [0.1, 0.15) is 29.8 Å². The van der Waals surface area contributed by atoms with Crippen molar-refractivity contribution < 1.29 is 9.18 Å². The van der Waals surface area contributed by atoms with Gasteiger partial charge in [0.15, 0.2) is 5.78 Å². The van der Waals surface area contributed by atoms with Gasteiger partial charge in [-0.2, -0.15) is 0 Å². The van der Waals surface area contributed by atoms with Gasteiger partial charge in [-0.05, 0) is 32.9 Å². The average Bonchev–Trinajstić information content (AvgIpc) is 2.41. The molecule has 0 spiro atoms. The molecular formula is C15H21FN2O. The van der Waals surface area contributed by atoms with Gasteiger partial charge >= 0.3 is 0 Å². The Morgan fingerprint density at radius 1 is 1.32 bits per heavy atom. The summed E-state index contributed by atoms with van der Waals surface area (Å²) < 4.78 is 13.9. The van der Waals surface area contributed by atoms with Gasteiger partial charge in [-0.1, -0.05) is 11.6 Å². The van der Waals surface area contributed by atoms with E-state index < -0.39 is 11.4 Å². The minimum absolute atomic E-state index is 0.143. The van der Waals surface area contributed by atoms with E-state index in [-0.39, 0.29) is 11.3 Å². The molecule has 0 amide bonds. The summed E-state index contributed by atoms with van der Waals surface area (Å²) >= 11 is 0. The number of halogens is 1. The molecule has 0 radical (unpaired) electrons. The second kappa shape index (κ2) is 5.39. The lowest BCUT2D eigenvalue weighted by atomic mass is 9.89. The number of Topliss-reactive ketones (excluding diaryl/α,β-unsaturated/α-hetero) is 1. The summed E-state index contributed by atoms with van der Waals surface area (Å²) in [4.78, 5) is 14.8. The van der Waals surface area contributed by atoms with Crippen LogP contribution in [-0.4, -0.2) is 42.4 Å². The summed E-state index contributed by atoms with van der Waals surface area (Å²) in [5.74, 6) is -0.575. The number of aryl methyl sites for hydroxylation is 1. The van der Waals surface area contributed by atoms with Crippen molar-refractivity contribution in [3.05, 3.63) is 35.1 Å². The molecule has 0 unspecified atom stereocenters. The van der Waals surface area contributed by atoms with Crippen molar-refractivity contribution >= 4 is 5.78 Å². The Labute approximate surface area is 113 Å². The first kappa shape index (κ1) is 14.2. The fourth-order valence-electron chi connectivity index (χ4n) is 2.51. The summed E-state index contributed by atoms with van der Waals surface area (Å²) in [7, 11) is 0. The van der Waals surface area contributed by atoms with Crippen LogP contribution in [-0.2, 0) is 0 Å². The zero-order valence-corrected chi connectivity index (χ0v) is 11.8. The maximum atomic E-state index is 13.9. The summed E-state index contributed by atoms with van der Waals surface area (Å²) in [5, 5.41) is 3.26. The number of nitrogens with zero attached hydrogens (tertiary/aromatic N) is 1. The van der Waals surface area contributed by atoms with Gasteiger partial charge in [-0.15, -0.1) is 0 Å². The number of hydrogen-bond acceptors (Lipinski definition) is 3. The number of hydrogen-bond donors (Lipinski definition) is 1. The molecule has 0 aliphatic carbocycles. The lowest BCUT2D eigenvalue weighted by Crippen LogP contribution is -2.57. The fraction of sp³-hybridized carbons (Fsp3) is 0.533. The van der Waals surface area contributed by atoms with Crippen LogP contribution in [0.3, 0.4) is 0 Å². The van der Waals surface area contributed by atoms with Gasteiger partial charge in [0.25, 0.3) is 0 Å². The van der Waals surface area contributed by atoms with E-state index in [9.17, 15) is 9.18 Å². The van der Waals surface area contributed by atoms with Crippen molar-refractivity contribution in [1.82, 2.24) is 10.2 Å². The molecule has 19 heavy (non-hydrogen) atoms. The number of carbonyl (C=O) groups is 1. The highest BCUT2D eigenvalue weighted by molar-refractivity contribution is 6.03. The number of rotatable bonds is 3. The number of benzene rings is 1. The van der Waals surface area contributed by atoms with E-state index in [2.05, 4.69) is 10.2 Å². The Balaban J connectivity index is 2.28. The Kier molecular flexibility index (Phi) is 4.02. The Morgan fingerprint density at radius 3 is 2.58 bits per heavy atom. The highest BCUT2D eigenvalue weighted by atomic mass is 19.1. The van der Waals surface area contributed by atoms with Gasteiger partial charge < -0.3 is 5.32 Å². The summed E-state index contributed by atoms with van der Waals surface area (Å²) in [6.07, 6.45) is 0. The second-order valence-electron chi connectivity index (χ2n) is 5.61. The first-order valence-electron chi connectivity index (χ1n) is 6.69. The Hall–Kier alpha value is -1.26.